The minimum atomic E-state index is -4.94. The van der Waals surface area contributed by atoms with E-state index in [1.807, 2.05) is 0 Å². The largest absolute Gasteiger partial charge is 0.524 e. The fourth-order valence-electron chi connectivity index (χ4n) is 4.32. The molecule has 0 radical (unpaired) electrons. The standard InChI is InChI=1S/C26H27BrClF3N2O5S/c27-25(38-26(29,30)31)11-9-23(10-12-25)39(35,36)33(18-19-3-6-21(34)17-24(19)28)20-4-7-22(8-5-20)37-16-15-32-13-1-2-14-32/h3-12,17,23,34H,1-2,13-16,18H2. The van der Waals surface area contributed by atoms with Gasteiger partial charge in [0.15, 0.2) is 4.51 Å². The van der Waals surface area contributed by atoms with Gasteiger partial charge in [0, 0.05) is 11.6 Å². The lowest BCUT2D eigenvalue weighted by Gasteiger charge is -2.31. The molecule has 4 rings (SSSR count). The van der Waals surface area contributed by atoms with Crippen molar-refractivity contribution >= 4 is 43.2 Å². The molecule has 0 amide bonds. The number of anilines is 1. The molecule has 1 aliphatic heterocycles. The molecule has 2 aliphatic rings. The van der Waals surface area contributed by atoms with Crippen molar-refractivity contribution in [3.05, 3.63) is 77.4 Å². The third-order valence-electron chi connectivity index (χ3n) is 6.30. The molecule has 13 heteroatoms. The van der Waals surface area contributed by atoms with Crippen LogP contribution in [-0.4, -0.2) is 60.8 Å². The predicted molar refractivity (Wildman–Crippen MR) is 147 cm³/mol. The van der Waals surface area contributed by atoms with Gasteiger partial charge in [0.05, 0.1) is 12.2 Å². The maximum absolute atomic E-state index is 13.8. The van der Waals surface area contributed by atoms with Crippen molar-refractivity contribution < 1.29 is 36.2 Å². The zero-order valence-electron chi connectivity index (χ0n) is 20.7. The van der Waals surface area contributed by atoms with Crippen molar-refractivity contribution in [2.45, 2.75) is 35.5 Å². The first kappa shape index (κ1) is 29.7. The van der Waals surface area contributed by atoms with E-state index in [9.17, 15) is 26.7 Å². The molecule has 1 fully saturated rings. The second-order valence-electron chi connectivity index (χ2n) is 9.15. The summed E-state index contributed by atoms with van der Waals surface area (Å²) < 4.78 is 74.9. The molecule has 212 valence electrons. The van der Waals surface area contributed by atoms with Crippen LogP contribution in [0.25, 0.3) is 0 Å². The Bertz CT molecular complexity index is 1300. The summed E-state index contributed by atoms with van der Waals surface area (Å²) in [4.78, 5) is 2.32. The Kier molecular flexibility index (Phi) is 9.22. The van der Waals surface area contributed by atoms with Gasteiger partial charge < -0.3 is 9.84 Å². The molecule has 1 aliphatic carbocycles. The molecule has 1 N–H and O–H groups in total. The van der Waals surface area contributed by atoms with E-state index in [1.165, 1.54) is 31.0 Å². The van der Waals surface area contributed by atoms with Crippen molar-refractivity contribution in [1.82, 2.24) is 4.90 Å². The van der Waals surface area contributed by atoms with Gasteiger partial charge in [0.25, 0.3) is 0 Å². The number of likely N-dealkylation sites (tertiary alicyclic amines) is 1. The molecule has 7 nitrogen and oxygen atoms in total. The Morgan fingerprint density at radius 3 is 2.33 bits per heavy atom. The number of halogens is 5. The summed E-state index contributed by atoms with van der Waals surface area (Å²) in [5.74, 6) is 0.494. The molecule has 0 saturated carbocycles. The maximum atomic E-state index is 13.8. The van der Waals surface area contributed by atoms with Crippen LogP contribution >= 0.6 is 27.5 Å². The van der Waals surface area contributed by atoms with Crippen LogP contribution in [0.3, 0.4) is 0 Å². The van der Waals surface area contributed by atoms with Crippen molar-refractivity contribution in [3.8, 4) is 11.5 Å². The molecule has 2 aromatic rings. The van der Waals surface area contributed by atoms with Gasteiger partial charge in [-0.25, -0.2) is 8.42 Å². The molecule has 1 heterocycles. The van der Waals surface area contributed by atoms with Crippen LogP contribution in [0.4, 0.5) is 18.9 Å². The van der Waals surface area contributed by atoms with Gasteiger partial charge in [0.2, 0.25) is 10.0 Å². The maximum Gasteiger partial charge on any atom is 0.524 e. The number of ether oxygens (including phenoxy) is 2. The zero-order chi connectivity index (χ0) is 28.3. The number of benzene rings is 2. The monoisotopic (exact) mass is 650 g/mol. The smallest absolute Gasteiger partial charge is 0.508 e. The highest BCUT2D eigenvalue weighted by Crippen LogP contribution is 2.37. The Morgan fingerprint density at radius 2 is 1.74 bits per heavy atom. The number of phenols is 1. The van der Waals surface area contributed by atoms with Crippen LogP contribution in [0.2, 0.25) is 5.02 Å². The molecule has 39 heavy (non-hydrogen) atoms. The summed E-state index contributed by atoms with van der Waals surface area (Å²) in [5.41, 5.74) is 0.720. The summed E-state index contributed by atoms with van der Waals surface area (Å²) in [5, 5.41) is 8.58. The van der Waals surface area contributed by atoms with Gasteiger partial charge in [-0.2, -0.15) is 0 Å². The van der Waals surface area contributed by atoms with Crippen molar-refractivity contribution in [2.24, 2.45) is 0 Å². The molecule has 1 saturated heterocycles. The van der Waals surface area contributed by atoms with Crippen molar-refractivity contribution in [3.63, 3.8) is 0 Å². The van der Waals surface area contributed by atoms with Crippen molar-refractivity contribution in [1.29, 1.82) is 0 Å². The Hall–Kier alpha value is -2.25. The van der Waals surface area contributed by atoms with Gasteiger partial charge in [-0.3, -0.25) is 13.9 Å². The molecular weight excluding hydrogens is 625 g/mol. The molecule has 0 atom stereocenters. The predicted octanol–water partition coefficient (Wildman–Crippen LogP) is 5.98. The first-order chi connectivity index (χ1) is 18.3. The highest BCUT2D eigenvalue weighted by molar-refractivity contribution is 9.10. The van der Waals surface area contributed by atoms with Crippen LogP contribution in [0.5, 0.6) is 11.5 Å². The second-order valence-corrected chi connectivity index (χ2v) is 12.8. The minimum Gasteiger partial charge on any atom is -0.508 e. The normalized spacial score (nSPS) is 21.8. The second kappa shape index (κ2) is 12.1. The number of phenolic OH excluding ortho intramolecular Hbond substituents is 1. The third kappa shape index (κ3) is 7.91. The quantitative estimate of drug-likeness (QED) is 0.252. The fourth-order valence-corrected chi connectivity index (χ4v) is 6.62. The third-order valence-corrected chi connectivity index (χ3v) is 9.30. The van der Waals surface area contributed by atoms with Crippen LogP contribution in [0, 0.1) is 0 Å². The SMILES string of the molecule is O=S(=O)(C1C=CC(Br)(OC(F)(F)F)C=C1)N(Cc1ccc(O)cc1Cl)c1ccc(OCCN2CCCC2)cc1. The van der Waals surface area contributed by atoms with Crippen LogP contribution in [0.1, 0.15) is 18.4 Å². The number of aromatic hydroxyl groups is 1. The van der Waals surface area contributed by atoms with Crippen LogP contribution < -0.4 is 9.04 Å². The number of rotatable bonds is 10. The Morgan fingerprint density at radius 1 is 1.10 bits per heavy atom. The summed E-state index contributed by atoms with van der Waals surface area (Å²) in [6.07, 6.45) is 1.65. The summed E-state index contributed by atoms with van der Waals surface area (Å²) in [6.45, 7) is 3.22. The van der Waals surface area contributed by atoms with E-state index in [0.717, 1.165) is 48.2 Å². The first-order valence-electron chi connectivity index (χ1n) is 12.1. The van der Waals surface area contributed by atoms with Gasteiger partial charge in [-0.15, -0.1) is 13.2 Å². The lowest BCUT2D eigenvalue weighted by Crippen LogP contribution is -2.39. The topological polar surface area (TPSA) is 79.3 Å². The summed E-state index contributed by atoms with van der Waals surface area (Å²) >= 11 is 9.12. The molecule has 2 aromatic carbocycles. The molecule has 0 aromatic heterocycles. The summed E-state index contributed by atoms with van der Waals surface area (Å²) in [7, 11) is -4.20. The molecular formula is C26H27BrClF3N2O5S. The number of alkyl halides is 4. The van der Waals surface area contributed by atoms with E-state index in [0.29, 0.717) is 23.6 Å². The number of sulfonamides is 1. The van der Waals surface area contributed by atoms with E-state index < -0.39 is 26.1 Å². The average Bonchev–Trinajstić information content (AvgIpc) is 3.36. The average molecular weight is 652 g/mol. The molecule has 0 bridgehead atoms. The summed E-state index contributed by atoms with van der Waals surface area (Å²) in [6, 6.07) is 10.7. The zero-order valence-corrected chi connectivity index (χ0v) is 23.8. The van der Waals surface area contributed by atoms with E-state index >= 15 is 0 Å². The van der Waals surface area contributed by atoms with Gasteiger partial charge in [-0.1, -0.05) is 29.8 Å². The molecule has 0 unspecified atom stereocenters. The lowest BCUT2D eigenvalue weighted by molar-refractivity contribution is -0.335. The highest BCUT2D eigenvalue weighted by atomic mass is 79.9. The van der Waals surface area contributed by atoms with E-state index in [2.05, 4.69) is 25.6 Å². The number of hydrogen-bond donors (Lipinski definition) is 1. The van der Waals surface area contributed by atoms with E-state index in [-0.39, 0.29) is 17.3 Å². The van der Waals surface area contributed by atoms with Gasteiger partial charge in [-0.05, 0) is 96.0 Å². The highest BCUT2D eigenvalue weighted by Gasteiger charge is 2.42. The Balaban J connectivity index is 1.56. The number of hydrogen-bond acceptors (Lipinski definition) is 6. The van der Waals surface area contributed by atoms with E-state index in [4.69, 9.17) is 16.3 Å². The van der Waals surface area contributed by atoms with Gasteiger partial charge in [0.1, 0.15) is 23.4 Å². The van der Waals surface area contributed by atoms with Crippen molar-refractivity contribution in [2.75, 3.05) is 30.5 Å². The lowest BCUT2D eigenvalue weighted by atomic mass is 10.1. The van der Waals surface area contributed by atoms with Gasteiger partial charge >= 0.3 is 6.36 Å². The minimum absolute atomic E-state index is 0.0786. The Labute approximate surface area is 238 Å². The van der Waals surface area contributed by atoms with Crippen LogP contribution in [-0.2, 0) is 21.3 Å². The van der Waals surface area contributed by atoms with Crippen LogP contribution in [0.15, 0.2) is 66.8 Å². The number of nitrogens with zero attached hydrogens (tertiary/aromatic N) is 2. The fraction of sp³-hybridized carbons (Fsp3) is 0.385. The first-order valence-corrected chi connectivity index (χ1v) is 14.8. The van der Waals surface area contributed by atoms with E-state index in [1.54, 1.807) is 24.3 Å². The molecule has 0 spiro atoms.